The van der Waals surface area contributed by atoms with Crippen LogP contribution in [-0.4, -0.2) is 40.1 Å². The van der Waals surface area contributed by atoms with Crippen LogP contribution in [0.25, 0.3) is 0 Å². The van der Waals surface area contributed by atoms with E-state index in [2.05, 4.69) is 20.4 Å². The van der Waals surface area contributed by atoms with E-state index in [1.807, 2.05) is 0 Å². The Morgan fingerprint density at radius 3 is 2.42 bits per heavy atom. The first kappa shape index (κ1) is 24.9. The van der Waals surface area contributed by atoms with Gasteiger partial charge in [0, 0.05) is 38.9 Å². The molecule has 1 aliphatic rings. The van der Waals surface area contributed by atoms with Crippen molar-refractivity contribution in [1.82, 2.24) is 10.6 Å². The van der Waals surface area contributed by atoms with Gasteiger partial charge in [-0.15, -0.1) is 24.0 Å². The van der Waals surface area contributed by atoms with Gasteiger partial charge in [-0.1, -0.05) is 12.1 Å². The maximum absolute atomic E-state index is 13.1. The maximum atomic E-state index is 13.1. The lowest BCUT2D eigenvalue weighted by molar-refractivity contribution is -0.0505. The summed E-state index contributed by atoms with van der Waals surface area (Å²) in [5.74, 6) is 0.869. The predicted molar refractivity (Wildman–Crippen MR) is 119 cm³/mol. The molecule has 2 aromatic carbocycles. The molecule has 2 N–H and O–H groups in total. The summed E-state index contributed by atoms with van der Waals surface area (Å²) < 4.78 is 59.2. The summed E-state index contributed by atoms with van der Waals surface area (Å²) in [4.78, 5) is 4.11. The number of nitrogens with zero attached hydrogens (tertiary/aromatic N) is 1. The van der Waals surface area contributed by atoms with Gasteiger partial charge in [0.25, 0.3) is 0 Å². The van der Waals surface area contributed by atoms with Gasteiger partial charge >= 0.3 is 6.61 Å². The molecule has 0 aromatic heterocycles. The fraction of sp³-hybridized carbons (Fsp3) is 0.350. The molecule has 0 spiro atoms. The van der Waals surface area contributed by atoms with Crippen LogP contribution in [0.5, 0.6) is 17.2 Å². The third-order valence-corrected chi connectivity index (χ3v) is 4.42. The molecule has 0 saturated carbocycles. The van der Waals surface area contributed by atoms with E-state index in [9.17, 15) is 13.2 Å². The van der Waals surface area contributed by atoms with Crippen LogP contribution >= 0.6 is 24.0 Å². The first-order chi connectivity index (χ1) is 14.5. The molecule has 1 aliphatic heterocycles. The molecule has 0 saturated heterocycles. The second kappa shape index (κ2) is 11.8. The summed E-state index contributed by atoms with van der Waals surface area (Å²) in [6.07, 6.45) is -0.340. The number of halogens is 4. The van der Waals surface area contributed by atoms with E-state index in [-0.39, 0.29) is 55.0 Å². The van der Waals surface area contributed by atoms with Crippen LogP contribution < -0.4 is 24.8 Å². The third kappa shape index (κ3) is 6.79. The molecule has 0 amide bonds. The van der Waals surface area contributed by atoms with Crippen molar-refractivity contribution in [2.24, 2.45) is 4.99 Å². The standard InChI is InChI=1S/C20H22F3N3O4.HI/c1-24-20(26-10-18(27-2)12-3-5-14(21)6-4-12)25-9-13-7-16-17(29-11-28-16)8-15(13)30-19(22)23;/h3-8,18-19H,9-11H2,1-2H3,(H2,24,25,26);1H. The fourth-order valence-corrected chi connectivity index (χ4v) is 2.91. The Balaban J connectivity index is 0.00000341. The van der Waals surface area contributed by atoms with E-state index in [1.54, 1.807) is 32.4 Å². The number of guanidine groups is 1. The molecule has 31 heavy (non-hydrogen) atoms. The Morgan fingerprint density at radius 2 is 1.81 bits per heavy atom. The highest BCUT2D eigenvalue weighted by Gasteiger charge is 2.20. The number of aliphatic imine (C=N–C) groups is 1. The molecule has 0 bridgehead atoms. The molecule has 0 aliphatic carbocycles. The monoisotopic (exact) mass is 553 g/mol. The van der Waals surface area contributed by atoms with Gasteiger partial charge in [-0.2, -0.15) is 8.78 Å². The van der Waals surface area contributed by atoms with E-state index in [0.29, 0.717) is 29.6 Å². The average Bonchev–Trinajstić information content (AvgIpc) is 3.18. The van der Waals surface area contributed by atoms with Crippen molar-refractivity contribution >= 4 is 29.9 Å². The van der Waals surface area contributed by atoms with Crippen LogP contribution in [0.3, 0.4) is 0 Å². The molecule has 0 radical (unpaired) electrons. The lowest BCUT2D eigenvalue weighted by Gasteiger charge is -2.19. The minimum atomic E-state index is -2.97. The largest absolute Gasteiger partial charge is 0.454 e. The van der Waals surface area contributed by atoms with E-state index in [1.165, 1.54) is 18.2 Å². The number of nitrogens with one attached hydrogen (secondary N) is 2. The molecule has 3 rings (SSSR count). The third-order valence-electron chi connectivity index (χ3n) is 4.42. The molecule has 2 aromatic rings. The Morgan fingerprint density at radius 1 is 1.13 bits per heavy atom. The summed E-state index contributed by atoms with van der Waals surface area (Å²) in [5, 5.41) is 6.12. The minimum Gasteiger partial charge on any atom is -0.454 e. The summed E-state index contributed by atoms with van der Waals surface area (Å²) in [6.45, 7) is -2.46. The summed E-state index contributed by atoms with van der Waals surface area (Å²) in [7, 11) is 3.12. The van der Waals surface area contributed by atoms with Gasteiger partial charge in [0.05, 0.1) is 6.10 Å². The number of methoxy groups -OCH3 is 1. The number of hydrogen-bond donors (Lipinski definition) is 2. The van der Waals surface area contributed by atoms with Crippen LogP contribution in [0.1, 0.15) is 17.2 Å². The normalized spacial score (nSPS) is 13.5. The zero-order valence-corrected chi connectivity index (χ0v) is 19.2. The van der Waals surface area contributed by atoms with Gasteiger partial charge in [0.2, 0.25) is 6.79 Å². The van der Waals surface area contributed by atoms with Crippen molar-refractivity contribution < 1.29 is 32.1 Å². The molecule has 1 heterocycles. The molecule has 170 valence electrons. The van der Waals surface area contributed by atoms with Crippen LogP contribution in [-0.2, 0) is 11.3 Å². The van der Waals surface area contributed by atoms with Crippen molar-refractivity contribution in [3.05, 3.63) is 53.3 Å². The Hall–Kier alpha value is -2.41. The first-order valence-electron chi connectivity index (χ1n) is 9.10. The van der Waals surface area contributed by atoms with Gasteiger partial charge in [-0.05, 0) is 23.8 Å². The van der Waals surface area contributed by atoms with E-state index < -0.39 is 6.61 Å². The number of benzene rings is 2. The van der Waals surface area contributed by atoms with E-state index in [0.717, 1.165) is 5.56 Å². The Kier molecular flexibility index (Phi) is 9.49. The lowest BCUT2D eigenvalue weighted by atomic mass is 10.1. The second-order valence-electron chi connectivity index (χ2n) is 6.27. The number of fused-ring (bicyclic) bond motifs is 1. The SMILES string of the molecule is CN=C(NCc1cc2c(cc1OC(F)F)OCO2)NCC(OC)c1ccc(F)cc1.I. The van der Waals surface area contributed by atoms with Crippen LogP contribution in [0.15, 0.2) is 41.4 Å². The van der Waals surface area contributed by atoms with E-state index in [4.69, 9.17) is 14.2 Å². The highest BCUT2D eigenvalue weighted by molar-refractivity contribution is 14.0. The molecular formula is C20H23F3IN3O4. The zero-order valence-electron chi connectivity index (χ0n) is 16.9. The number of ether oxygens (including phenoxy) is 4. The second-order valence-corrected chi connectivity index (χ2v) is 6.27. The first-order valence-corrected chi connectivity index (χ1v) is 9.10. The Bertz CT molecular complexity index is 885. The van der Waals surface area contributed by atoms with Crippen LogP contribution in [0.4, 0.5) is 13.2 Å². The smallest absolute Gasteiger partial charge is 0.387 e. The summed E-state index contributed by atoms with van der Waals surface area (Å²) in [6, 6.07) is 8.95. The summed E-state index contributed by atoms with van der Waals surface area (Å²) >= 11 is 0. The molecule has 7 nitrogen and oxygen atoms in total. The van der Waals surface area contributed by atoms with Gasteiger partial charge in [-0.25, -0.2) is 4.39 Å². The van der Waals surface area contributed by atoms with Crippen molar-refractivity contribution in [3.8, 4) is 17.2 Å². The maximum Gasteiger partial charge on any atom is 0.387 e. The number of rotatable bonds is 8. The topological polar surface area (TPSA) is 73.3 Å². The average molecular weight is 553 g/mol. The van der Waals surface area contributed by atoms with Crippen LogP contribution in [0, 0.1) is 5.82 Å². The fourth-order valence-electron chi connectivity index (χ4n) is 2.91. The molecule has 1 atom stereocenters. The Labute approximate surface area is 194 Å². The lowest BCUT2D eigenvalue weighted by Crippen LogP contribution is -2.39. The quantitative estimate of drug-likeness (QED) is 0.294. The van der Waals surface area contributed by atoms with E-state index >= 15 is 0 Å². The van der Waals surface area contributed by atoms with Gasteiger partial charge in [0.15, 0.2) is 17.5 Å². The zero-order chi connectivity index (χ0) is 21.5. The number of hydrogen-bond acceptors (Lipinski definition) is 5. The number of alkyl halides is 2. The molecule has 11 heteroatoms. The van der Waals surface area contributed by atoms with Crippen molar-refractivity contribution in [3.63, 3.8) is 0 Å². The van der Waals surface area contributed by atoms with Crippen molar-refractivity contribution in [1.29, 1.82) is 0 Å². The summed E-state index contributed by atoms with van der Waals surface area (Å²) in [5.41, 5.74) is 1.24. The highest BCUT2D eigenvalue weighted by Crippen LogP contribution is 2.38. The van der Waals surface area contributed by atoms with Gasteiger partial charge in [0.1, 0.15) is 11.6 Å². The molecule has 0 fully saturated rings. The molecular weight excluding hydrogens is 530 g/mol. The van der Waals surface area contributed by atoms with Crippen molar-refractivity contribution in [2.75, 3.05) is 27.5 Å². The highest BCUT2D eigenvalue weighted by atomic mass is 127. The van der Waals surface area contributed by atoms with Crippen LogP contribution in [0.2, 0.25) is 0 Å². The molecule has 1 unspecified atom stereocenters. The van der Waals surface area contributed by atoms with Gasteiger partial charge < -0.3 is 29.6 Å². The van der Waals surface area contributed by atoms with Gasteiger partial charge in [-0.3, -0.25) is 4.99 Å². The van der Waals surface area contributed by atoms with Crippen molar-refractivity contribution in [2.45, 2.75) is 19.3 Å². The predicted octanol–water partition coefficient (Wildman–Crippen LogP) is 3.83. The minimum absolute atomic E-state index is 0.